The first kappa shape index (κ1) is 50.9. The van der Waals surface area contributed by atoms with Crippen LogP contribution in [0.1, 0.15) is 290 Å². The Labute approximate surface area is 322 Å². The van der Waals surface area contributed by atoms with Crippen molar-refractivity contribution in [3.8, 4) is 0 Å². The molecular weight excluding hydrogens is 625 g/mol. The number of aliphatic hydroxyl groups is 3. The Morgan fingerprint density at radius 1 is 0.275 bits per heavy atom. The van der Waals surface area contributed by atoms with Gasteiger partial charge in [0.2, 0.25) is 0 Å². The Morgan fingerprint density at radius 2 is 0.451 bits per heavy atom. The second-order valence-electron chi connectivity index (χ2n) is 17.1. The van der Waals surface area contributed by atoms with Gasteiger partial charge < -0.3 is 15.3 Å². The van der Waals surface area contributed by atoms with Crippen molar-refractivity contribution in [1.29, 1.82) is 0 Å². The Bertz CT molecular complexity index is 638. The molecule has 0 spiro atoms. The highest BCUT2D eigenvalue weighted by atomic mass is 16.4. The van der Waals surface area contributed by atoms with Crippen LogP contribution in [0.2, 0.25) is 0 Å². The molecule has 0 aromatic rings. The van der Waals surface area contributed by atoms with Crippen LogP contribution >= 0.6 is 0 Å². The third-order valence-corrected chi connectivity index (χ3v) is 12.0. The molecule has 0 saturated carbocycles. The van der Waals surface area contributed by atoms with Gasteiger partial charge in [-0.25, -0.2) is 0 Å². The first-order valence-electron chi connectivity index (χ1n) is 24.1. The molecule has 0 bridgehead atoms. The fourth-order valence-corrected chi connectivity index (χ4v) is 8.19. The fourth-order valence-electron chi connectivity index (χ4n) is 8.19. The van der Waals surface area contributed by atoms with Gasteiger partial charge in [-0.1, -0.05) is 271 Å². The molecule has 0 fully saturated rings. The lowest BCUT2D eigenvalue weighted by atomic mass is 9.80. The summed E-state index contributed by atoms with van der Waals surface area (Å²) < 4.78 is 0. The van der Waals surface area contributed by atoms with E-state index in [1.807, 2.05) is 0 Å². The van der Waals surface area contributed by atoms with Gasteiger partial charge in [0.25, 0.3) is 0 Å². The maximum atomic E-state index is 11.8. The van der Waals surface area contributed by atoms with E-state index in [0.29, 0.717) is 19.3 Å². The Morgan fingerprint density at radius 3 is 0.667 bits per heavy atom. The van der Waals surface area contributed by atoms with E-state index in [-0.39, 0.29) is 0 Å². The van der Waals surface area contributed by atoms with Gasteiger partial charge in [0.05, 0.1) is 12.2 Å². The fraction of sp³-hybridized carbons (Fsp3) is 1.00. The zero-order valence-corrected chi connectivity index (χ0v) is 35.7. The molecule has 0 radical (unpaired) electrons. The summed E-state index contributed by atoms with van der Waals surface area (Å²) in [6.07, 6.45) is 51.0. The van der Waals surface area contributed by atoms with Crippen molar-refractivity contribution in [1.82, 2.24) is 0 Å². The van der Waals surface area contributed by atoms with Crippen LogP contribution < -0.4 is 0 Å². The van der Waals surface area contributed by atoms with E-state index >= 15 is 0 Å². The van der Waals surface area contributed by atoms with Gasteiger partial charge in [-0.05, 0) is 19.3 Å². The van der Waals surface area contributed by atoms with Crippen LogP contribution in [0.3, 0.4) is 0 Å². The van der Waals surface area contributed by atoms with E-state index in [4.69, 9.17) is 0 Å². The second kappa shape index (κ2) is 41.1. The average Bonchev–Trinajstić information content (AvgIpc) is 3.13. The number of hydrogen-bond donors (Lipinski definition) is 3. The summed E-state index contributed by atoms with van der Waals surface area (Å²) in [4.78, 5) is 0. The van der Waals surface area contributed by atoms with E-state index in [1.54, 1.807) is 0 Å². The number of rotatable bonds is 44. The molecule has 3 heteroatoms. The minimum absolute atomic E-state index is 0.531. The van der Waals surface area contributed by atoms with E-state index < -0.39 is 17.8 Å². The monoisotopic (exact) mass is 723 g/mol. The van der Waals surface area contributed by atoms with Crippen molar-refractivity contribution in [3.63, 3.8) is 0 Å². The smallest absolute Gasteiger partial charge is 0.116 e. The third kappa shape index (κ3) is 34.1. The lowest BCUT2D eigenvalue weighted by molar-refractivity contribution is -0.156. The van der Waals surface area contributed by atoms with E-state index in [0.717, 1.165) is 38.5 Å². The molecule has 0 aliphatic rings. The summed E-state index contributed by atoms with van der Waals surface area (Å²) in [5.41, 5.74) is -1.35. The maximum absolute atomic E-state index is 11.8. The number of unbranched alkanes of at least 4 members (excludes halogenated alkanes) is 36. The first-order valence-corrected chi connectivity index (χ1v) is 24.1. The minimum atomic E-state index is -1.35. The molecule has 0 aromatic heterocycles. The van der Waals surface area contributed by atoms with Gasteiger partial charge in [-0.2, -0.15) is 0 Å². The predicted molar refractivity (Wildman–Crippen MR) is 228 cm³/mol. The first-order chi connectivity index (χ1) is 25.0. The summed E-state index contributed by atoms with van der Waals surface area (Å²) in [7, 11) is 0. The van der Waals surface area contributed by atoms with Crippen molar-refractivity contribution < 1.29 is 15.3 Å². The molecule has 0 amide bonds. The third-order valence-electron chi connectivity index (χ3n) is 12.0. The summed E-state index contributed by atoms with van der Waals surface area (Å²) in [6, 6.07) is 0. The molecule has 0 heterocycles. The van der Waals surface area contributed by atoms with Gasteiger partial charge >= 0.3 is 0 Å². The van der Waals surface area contributed by atoms with Crippen molar-refractivity contribution in [2.24, 2.45) is 0 Å². The predicted octanol–water partition coefficient (Wildman–Crippen LogP) is 15.9. The highest BCUT2D eigenvalue weighted by Crippen LogP contribution is 2.30. The van der Waals surface area contributed by atoms with Crippen molar-refractivity contribution in [3.05, 3.63) is 0 Å². The molecule has 3 atom stereocenters. The molecule has 0 aromatic carbocycles. The van der Waals surface area contributed by atoms with Crippen LogP contribution in [0.25, 0.3) is 0 Å². The normalized spacial score (nSPS) is 14.2. The molecule has 0 aliphatic carbocycles. The molecule has 0 rings (SSSR count). The Kier molecular flexibility index (Phi) is 41.0. The minimum Gasteiger partial charge on any atom is -0.390 e. The summed E-state index contributed by atoms with van der Waals surface area (Å²) in [5.74, 6) is 0. The van der Waals surface area contributed by atoms with Crippen molar-refractivity contribution >= 4 is 0 Å². The maximum Gasteiger partial charge on any atom is 0.116 e. The Balaban J connectivity index is 4.33. The van der Waals surface area contributed by atoms with E-state index in [1.165, 1.54) is 212 Å². The van der Waals surface area contributed by atoms with Gasteiger partial charge in [0.15, 0.2) is 0 Å². The van der Waals surface area contributed by atoms with E-state index in [2.05, 4.69) is 20.8 Å². The van der Waals surface area contributed by atoms with Crippen molar-refractivity contribution in [2.45, 2.75) is 308 Å². The molecule has 3 nitrogen and oxygen atoms in total. The molecule has 0 saturated heterocycles. The summed E-state index contributed by atoms with van der Waals surface area (Å²) in [5, 5.41) is 34.4. The lowest BCUT2D eigenvalue weighted by Crippen LogP contribution is -2.52. The van der Waals surface area contributed by atoms with Crippen LogP contribution in [0, 0.1) is 0 Å². The topological polar surface area (TPSA) is 60.7 Å². The lowest BCUT2D eigenvalue weighted by Gasteiger charge is -2.38. The van der Waals surface area contributed by atoms with Crippen LogP contribution in [0.15, 0.2) is 0 Å². The highest BCUT2D eigenvalue weighted by molar-refractivity contribution is 4.93. The quantitative estimate of drug-likeness (QED) is 0.0549. The number of hydrogen-bond acceptors (Lipinski definition) is 3. The standard InChI is InChI=1S/C48H98O3/c1-4-7-10-13-16-19-22-24-25-27-29-32-35-38-41-44-47(50)48(51,45-42-39-36-33-30-21-18-15-12-9-6-3)46(49)43-40-37-34-31-28-26-23-20-17-14-11-8-5-2/h46-47,49-51H,4-45H2,1-3H3. The second-order valence-corrected chi connectivity index (χ2v) is 17.1. The van der Waals surface area contributed by atoms with Crippen LogP contribution in [0.5, 0.6) is 0 Å². The van der Waals surface area contributed by atoms with Gasteiger partial charge in [-0.3, -0.25) is 0 Å². The molecule has 3 N–H and O–H groups in total. The van der Waals surface area contributed by atoms with Crippen molar-refractivity contribution in [2.75, 3.05) is 0 Å². The van der Waals surface area contributed by atoms with E-state index in [9.17, 15) is 15.3 Å². The zero-order valence-electron chi connectivity index (χ0n) is 35.7. The molecule has 308 valence electrons. The molecular formula is C48H98O3. The summed E-state index contributed by atoms with van der Waals surface area (Å²) >= 11 is 0. The highest BCUT2D eigenvalue weighted by Gasteiger charge is 2.41. The molecule has 0 aliphatic heterocycles. The van der Waals surface area contributed by atoms with Gasteiger partial charge in [0.1, 0.15) is 5.60 Å². The Hall–Kier alpha value is -0.120. The largest absolute Gasteiger partial charge is 0.390 e. The summed E-state index contributed by atoms with van der Waals surface area (Å²) in [6.45, 7) is 6.85. The van der Waals surface area contributed by atoms with Gasteiger partial charge in [0, 0.05) is 0 Å². The van der Waals surface area contributed by atoms with Crippen LogP contribution in [0.4, 0.5) is 0 Å². The molecule has 3 unspecified atom stereocenters. The van der Waals surface area contributed by atoms with Crippen LogP contribution in [-0.4, -0.2) is 33.1 Å². The van der Waals surface area contributed by atoms with Crippen LogP contribution in [-0.2, 0) is 0 Å². The zero-order chi connectivity index (χ0) is 37.4. The SMILES string of the molecule is CCCCCCCCCCCCCCCCCC(O)C(O)(CCCCCCCCCCCCC)C(O)CCCCCCCCCCCCCCC. The number of aliphatic hydroxyl groups excluding tert-OH is 2. The average molecular weight is 723 g/mol. The van der Waals surface area contributed by atoms with Gasteiger partial charge in [-0.15, -0.1) is 0 Å². The molecule has 51 heavy (non-hydrogen) atoms.